The van der Waals surface area contributed by atoms with Crippen LogP contribution in [0.15, 0.2) is 40.9 Å². The van der Waals surface area contributed by atoms with E-state index in [1.165, 1.54) is 0 Å². The third-order valence-electron chi connectivity index (χ3n) is 2.85. The zero-order valence-corrected chi connectivity index (χ0v) is 12.7. The van der Waals surface area contributed by atoms with E-state index in [9.17, 15) is 0 Å². The summed E-state index contributed by atoms with van der Waals surface area (Å²) in [5, 5.41) is 12.9. The smallest absolute Gasteiger partial charge is 0.0992 e. The molecule has 0 spiro atoms. The monoisotopic (exact) mass is 334 g/mol. The number of hydrogen-bond acceptors (Lipinski definition) is 2. The van der Waals surface area contributed by atoms with E-state index in [4.69, 9.17) is 16.9 Å². The molecule has 0 unspecified atom stereocenters. The van der Waals surface area contributed by atoms with Gasteiger partial charge in [-0.1, -0.05) is 39.7 Å². The highest BCUT2D eigenvalue weighted by Gasteiger charge is 2.03. The van der Waals surface area contributed by atoms with Gasteiger partial charge in [-0.25, -0.2) is 0 Å². The summed E-state index contributed by atoms with van der Waals surface area (Å²) in [5.41, 5.74) is 3.73. The van der Waals surface area contributed by atoms with Gasteiger partial charge in [-0.2, -0.15) is 5.26 Å². The van der Waals surface area contributed by atoms with E-state index < -0.39 is 0 Å². The third-order valence-corrected chi connectivity index (χ3v) is 3.70. The standard InChI is InChI=1S/C15H12BrClN2/c1-10-2-3-11(8-18)6-15(10)19-9-12-4-5-13(16)7-14(12)17/h2-7,19H,9H2,1H3. The van der Waals surface area contributed by atoms with Crippen molar-refractivity contribution in [2.75, 3.05) is 5.32 Å². The van der Waals surface area contributed by atoms with Crippen LogP contribution in [-0.4, -0.2) is 0 Å². The number of nitrogens with zero attached hydrogens (tertiary/aromatic N) is 1. The quantitative estimate of drug-likeness (QED) is 0.866. The molecule has 0 fully saturated rings. The maximum absolute atomic E-state index is 8.91. The molecule has 0 aliphatic carbocycles. The molecule has 4 heteroatoms. The van der Waals surface area contributed by atoms with Crippen LogP contribution in [0, 0.1) is 18.3 Å². The predicted octanol–water partition coefficient (Wildman–Crippen LogP) is 4.89. The molecule has 0 saturated carbocycles. The van der Waals surface area contributed by atoms with Crippen molar-refractivity contribution < 1.29 is 0 Å². The van der Waals surface area contributed by atoms with Gasteiger partial charge in [0.2, 0.25) is 0 Å². The fraction of sp³-hybridized carbons (Fsp3) is 0.133. The molecule has 0 atom stereocenters. The van der Waals surface area contributed by atoms with Crippen LogP contribution in [0.25, 0.3) is 0 Å². The lowest BCUT2D eigenvalue weighted by atomic mass is 10.1. The van der Waals surface area contributed by atoms with Gasteiger partial charge >= 0.3 is 0 Å². The third kappa shape index (κ3) is 3.50. The van der Waals surface area contributed by atoms with Crippen LogP contribution in [0.3, 0.4) is 0 Å². The number of nitrogens with one attached hydrogen (secondary N) is 1. The van der Waals surface area contributed by atoms with Gasteiger partial charge in [0.05, 0.1) is 11.6 Å². The molecule has 2 nitrogen and oxygen atoms in total. The van der Waals surface area contributed by atoms with Gasteiger partial charge in [-0.05, 0) is 42.3 Å². The highest BCUT2D eigenvalue weighted by Crippen LogP contribution is 2.23. The first-order chi connectivity index (χ1) is 9.10. The van der Waals surface area contributed by atoms with Gasteiger partial charge in [0.15, 0.2) is 0 Å². The minimum absolute atomic E-state index is 0.627. The SMILES string of the molecule is Cc1ccc(C#N)cc1NCc1ccc(Br)cc1Cl. The van der Waals surface area contributed by atoms with Crippen molar-refractivity contribution in [3.05, 3.63) is 62.6 Å². The topological polar surface area (TPSA) is 35.8 Å². The molecule has 0 saturated heterocycles. The maximum Gasteiger partial charge on any atom is 0.0992 e. The summed E-state index contributed by atoms with van der Waals surface area (Å²) >= 11 is 9.55. The summed E-state index contributed by atoms with van der Waals surface area (Å²) in [4.78, 5) is 0. The summed E-state index contributed by atoms with van der Waals surface area (Å²) in [6, 6.07) is 13.5. The normalized spacial score (nSPS) is 10.0. The van der Waals surface area contributed by atoms with Crippen LogP contribution in [0.1, 0.15) is 16.7 Å². The summed E-state index contributed by atoms with van der Waals surface area (Å²) in [6.45, 7) is 2.63. The molecule has 2 rings (SSSR count). The van der Waals surface area contributed by atoms with Gasteiger partial charge in [-0.3, -0.25) is 0 Å². The van der Waals surface area contributed by atoms with E-state index >= 15 is 0 Å². The molecule has 0 aromatic heterocycles. The summed E-state index contributed by atoms with van der Waals surface area (Å²) < 4.78 is 0.962. The Balaban J connectivity index is 2.16. The number of nitriles is 1. The molecule has 0 aliphatic heterocycles. The van der Waals surface area contributed by atoms with Gasteiger partial charge in [-0.15, -0.1) is 0 Å². The molecule has 96 valence electrons. The van der Waals surface area contributed by atoms with Crippen LogP contribution in [0.4, 0.5) is 5.69 Å². The summed E-state index contributed by atoms with van der Waals surface area (Å²) in [7, 11) is 0. The Bertz CT molecular complexity index is 647. The van der Waals surface area contributed by atoms with Crippen molar-refractivity contribution in [3.8, 4) is 6.07 Å². The fourth-order valence-corrected chi connectivity index (χ4v) is 2.48. The Morgan fingerprint density at radius 2 is 2.05 bits per heavy atom. The van der Waals surface area contributed by atoms with Crippen molar-refractivity contribution in [2.24, 2.45) is 0 Å². The second-order valence-corrected chi connectivity index (χ2v) is 5.55. The van der Waals surface area contributed by atoms with Crippen LogP contribution in [-0.2, 0) is 6.54 Å². The lowest BCUT2D eigenvalue weighted by molar-refractivity contribution is 1.14. The predicted molar refractivity (Wildman–Crippen MR) is 82.4 cm³/mol. The number of benzene rings is 2. The van der Waals surface area contributed by atoms with Crippen molar-refractivity contribution in [3.63, 3.8) is 0 Å². The van der Waals surface area contributed by atoms with E-state index in [0.717, 1.165) is 26.3 Å². The minimum Gasteiger partial charge on any atom is -0.381 e. The molecule has 0 heterocycles. The van der Waals surface area contributed by atoms with E-state index in [-0.39, 0.29) is 0 Å². The molecule has 0 radical (unpaired) electrons. The number of anilines is 1. The molecule has 2 aromatic rings. The molecular weight excluding hydrogens is 324 g/mol. The Morgan fingerprint density at radius 1 is 1.26 bits per heavy atom. The highest BCUT2D eigenvalue weighted by molar-refractivity contribution is 9.10. The van der Waals surface area contributed by atoms with Crippen molar-refractivity contribution in [1.29, 1.82) is 5.26 Å². The summed E-state index contributed by atoms with van der Waals surface area (Å²) in [5.74, 6) is 0. The second kappa shape index (κ2) is 6.10. The molecule has 0 aliphatic rings. The average Bonchev–Trinajstić information content (AvgIpc) is 2.39. The van der Waals surface area contributed by atoms with E-state index in [2.05, 4.69) is 27.3 Å². The lowest BCUT2D eigenvalue weighted by Crippen LogP contribution is -2.02. The first-order valence-electron chi connectivity index (χ1n) is 5.78. The van der Waals surface area contributed by atoms with Crippen molar-refractivity contribution >= 4 is 33.2 Å². The maximum atomic E-state index is 8.91. The highest BCUT2D eigenvalue weighted by atomic mass is 79.9. The van der Waals surface area contributed by atoms with Crippen LogP contribution in [0.5, 0.6) is 0 Å². The fourth-order valence-electron chi connectivity index (χ4n) is 1.74. The Hall–Kier alpha value is -1.50. The molecule has 1 N–H and O–H groups in total. The first kappa shape index (κ1) is 13.9. The van der Waals surface area contributed by atoms with Crippen LogP contribution >= 0.6 is 27.5 Å². The molecular formula is C15H12BrClN2. The van der Waals surface area contributed by atoms with Crippen LogP contribution < -0.4 is 5.32 Å². The van der Waals surface area contributed by atoms with Gasteiger partial charge < -0.3 is 5.32 Å². The van der Waals surface area contributed by atoms with Crippen LogP contribution in [0.2, 0.25) is 5.02 Å². The minimum atomic E-state index is 0.627. The molecule has 0 bridgehead atoms. The number of halogens is 2. The Morgan fingerprint density at radius 3 is 2.74 bits per heavy atom. The number of hydrogen-bond donors (Lipinski definition) is 1. The zero-order chi connectivity index (χ0) is 13.8. The molecule has 19 heavy (non-hydrogen) atoms. The number of rotatable bonds is 3. The molecule has 2 aromatic carbocycles. The van der Waals surface area contributed by atoms with Crippen molar-refractivity contribution in [1.82, 2.24) is 0 Å². The van der Waals surface area contributed by atoms with Gasteiger partial charge in [0.1, 0.15) is 0 Å². The lowest BCUT2D eigenvalue weighted by Gasteiger charge is -2.11. The molecule has 0 amide bonds. The van der Waals surface area contributed by atoms with E-state index in [1.807, 2.05) is 43.3 Å². The zero-order valence-electron chi connectivity index (χ0n) is 10.4. The Kier molecular flexibility index (Phi) is 4.47. The van der Waals surface area contributed by atoms with Gasteiger partial charge in [0, 0.05) is 21.7 Å². The van der Waals surface area contributed by atoms with E-state index in [1.54, 1.807) is 0 Å². The van der Waals surface area contributed by atoms with Crippen molar-refractivity contribution in [2.45, 2.75) is 13.5 Å². The van der Waals surface area contributed by atoms with E-state index in [0.29, 0.717) is 12.1 Å². The largest absolute Gasteiger partial charge is 0.381 e. The Labute approximate surface area is 126 Å². The van der Waals surface area contributed by atoms with Gasteiger partial charge in [0.25, 0.3) is 0 Å². The number of aryl methyl sites for hydroxylation is 1. The first-order valence-corrected chi connectivity index (χ1v) is 6.96. The average molecular weight is 336 g/mol. The summed E-state index contributed by atoms with van der Waals surface area (Å²) in [6.07, 6.45) is 0. The second-order valence-electron chi connectivity index (χ2n) is 4.23.